The molecule has 1 amide bonds. The van der Waals surface area contributed by atoms with Gasteiger partial charge >= 0.3 is 0 Å². The standard InChI is InChI=1S/C14H17FN2O2/c1-19-6-2-5-16-14(18)7-10-9-17-13-4-3-11(15)8-12(10)13/h3-4,8-9,17H,2,5-7H2,1H3,(H,16,18). The van der Waals surface area contributed by atoms with Crippen molar-refractivity contribution in [1.82, 2.24) is 10.3 Å². The second-order valence-electron chi connectivity index (χ2n) is 4.38. The van der Waals surface area contributed by atoms with Gasteiger partial charge in [0.2, 0.25) is 5.91 Å². The molecule has 2 rings (SSSR count). The first-order chi connectivity index (χ1) is 9.20. The molecule has 0 aliphatic heterocycles. The maximum Gasteiger partial charge on any atom is 0.224 e. The minimum Gasteiger partial charge on any atom is -0.385 e. The van der Waals surface area contributed by atoms with Gasteiger partial charge in [-0.1, -0.05) is 0 Å². The van der Waals surface area contributed by atoms with Crippen molar-refractivity contribution in [2.75, 3.05) is 20.3 Å². The van der Waals surface area contributed by atoms with Crippen LogP contribution in [0.5, 0.6) is 0 Å². The topological polar surface area (TPSA) is 54.1 Å². The summed E-state index contributed by atoms with van der Waals surface area (Å²) in [6.07, 6.45) is 2.78. The van der Waals surface area contributed by atoms with E-state index in [1.807, 2.05) is 0 Å². The highest BCUT2D eigenvalue weighted by atomic mass is 19.1. The van der Waals surface area contributed by atoms with Gasteiger partial charge in [-0.3, -0.25) is 4.79 Å². The maximum atomic E-state index is 13.2. The Labute approximate surface area is 111 Å². The van der Waals surface area contributed by atoms with E-state index in [0.717, 1.165) is 22.9 Å². The maximum absolute atomic E-state index is 13.2. The van der Waals surface area contributed by atoms with Crippen LogP contribution in [-0.2, 0) is 16.0 Å². The van der Waals surface area contributed by atoms with Crippen LogP contribution in [0.15, 0.2) is 24.4 Å². The monoisotopic (exact) mass is 264 g/mol. The molecule has 2 N–H and O–H groups in total. The van der Waals surface area contributed by atoms with Crippen molar-refractivity contribution in [2.45, 2.75) is 12.8 Å². The van der Waals surface area contributed by atoms with Gasteiger partial charge in [0.1, 0.15) is 5.82 Å². The summed E-state index contributed by atoms with van der Waals surface area (Å²) in [5.74, 6) is -0.366. The Kier molecular flexibility index (Phi) is 4.52. The Hall–Kier alpha value is -1.88. The molecule has 0 spiro atoms. The van der Waals surface area contributed by atoms with Crippen LogP contribution in [0.3, 0.4) is 0 Å². The van der Waals surface area contributed by atoms with Gasteiger partial charge in [-0.15, -0.1) is 0 Å². The molecule has 0 saturated heterocycles. The van der Waals surface area contributed by atoms with Crippen LogP contribution in [0, 0.1) is 5.82 Å². The van der Waals surface area contributed by atoms with Gasteiger partial charge in [0.25, 0.3) is 0 Å². The molecule has 0 radical (unpaired) electrons. The molecular formula is C14H17FN2O2. The third-order valence-electron chi connectivity index (χ3n) is 2.93. The number of amides is 1. The molecule has 4 nitrogen and oxygen atoms in total. The molecular weight excluding hydrogens is 247 g/mol. The van der Waals surface area contributed by atoms with Crippen molar-refractivity contribution in [2.24, 2.45) is 0 Å². The van der Waals surface area contributed by atoms with Crippen LogP contribution in [0.1, 0.15) is 12.0 Å². The van der Waals surface area contributed by atoms with Crippen LogP contribution in [0.4, 0.5) is 4.39 Å². The SMILES string of the molecule is COCCCNC(=O)Cc1c[nH]c2ccc(F)cc12. The summed E-state index contributed by atoms with van der Waals surface area (Å²) in [6, 6.07) is 4.51. The summed E-state index contributed by atoms with van der Waals surface area (Å²) in [4.78, 5) is 14.8. The van der Waals surface area contributed by atoms with Gasteiger partial charge < -0.3 is 15.0 Å². The lowest BCUT2D eigenvalue weighted by Crippen LogP contribution is -2.26. The molecule has 0 aliphatic carbocycles. The van der Waals surface area contributed by atoms with Gasteiger partial charge in [0.15, 0.2) is 0 Å². The molecule has 0 aliphatic rings. The smallest absolute Gasteiger partial charge is 0.224 e. The molecule has 0 atom stereocenters. The van der Waals surface area contributed by atoms with E-state index in [1.165, 1.54) is 12.1 Å². The number of benzene rings is 1. The van der Waals surface area contributed by atoms with E-state index in [4.69, 9.17) is 4.74 Å². The fraction of sp³-hybridized carbons (Fsp3) is 0.357. The number of ether oxygens (including phenoxy) is 1. The number of H-pyrrole nitrogens is 1. The minimum absolute atomic E-state index is 0.0683. The number of carbonyl (C=O) groups excluding carboxylic acids is 1. The number of methoxy groups -OCH3 is 1. The summed E-state index contributed by atoms with van der Waals surface area (Å²) in [5, 5.41) is 3.57. The molecule has 102 valence electrons. The van der Waals surface area contributed by atoms with Crippen LogP contribution in [0.2, 0.25) is 0 Å². The van der Waals surface area contributed by atoms with Gasteiger partial charge in [-0.05, 0) is 30.2 Å². The Morgan fingerprint density at radius 2 is 2.32 bits per heavy atom. The summed E-state index contributed by atoms with van der Waals surface area (Å²) >= 11 is 0. The molecule has 1 heterocycles. The third kappa shape index (κ3) is 3.54. The quantitative estimate of drug-likeness (QED) is 0.784. The predicted octanol–water partition coefficient (Wildman–Crippen LogP) is 2.00. The first-order valence-corrected chi connectivity index (χ1v) is 6.22. The zero-order valence-corrected chi connectivity index (χ0v) is 10.8. The Balaban J connectivity index is 1.97. The second kappa shape index (κ2) is 6.33. The Morgan fingerprint density at radius 1 is 1.47 bits per heavy atom. The van der Waals surface area contributed by atoms with E-state index < -0.39 is 0 Å². The molecule has 0 saturated carbocycles. The Morgan fingerprint density at radius 3 is 3.11 bits per heavy atom. The molecule has 5 heteroatoms. The number of rotatable bonds is 6. The lowest BCUT2D eigenvalue weighted by atomic mass is 10.1. The average molecular weight is 264 g/mol. The molecule has 1 aromatic carbocycles. The van der Waals surface area contributed by atoms with Gasteiger partial charge in [-0.25, -0.2) is 4.39 Å². The van der Waals surface area contributed by atoms with Crippen molar-refractivity contribution < 1.29 is 13.9 Å². The first-order valence-electron chi connectivity index (χ1n) is 6.22. The van der Waals surface area contributed by atoms with E-state index >= 15 is 0 Å². The molecule has 19 heavy (non-hydrogen) atoms. The van der Waals surface area contributed by atoms with Crippen molar-refractivity contribution in [3.8, 4) is 0 Å². The molecule has 2 aromatic rings. The number of hydrogen-bond acceptors (Lipinski definition) is 2. The zero-order valence-electron chi connectivity index (χ0n) is 10.8. The van der Waals surface area contributed by atoms with E-state index in [9.17, 15) is 9.18 Å². The van der Waals surface area contributed by atoms with E-state index in [2.05, 4.69) is 10.3 Å². The number of fused-ring (bicyclic) bond motifs is 1. The molecule has 0 bridgehead atoms. The number of aromatic nitrogens is 1. The lowest BCUT2D eigenvalue weighted by molar-refractivity contribution is -0.120. The van der Waals surface area contributed by atoms with Gasteiger partial charge in [0.05, 0.1) is 6.42 Å². The summed E-state index contributed by atoms with van der Waals surface area (Å²) in [5.41, 5.74) is 1.64. The summed E-state index contributed by atoms with van der Waals surface area (Å²) < 4.78 is 18.1. The highest BCUT2D eigenvalue weighted by molar-refractivity contribution is 5.88. The third-order valence-corrected chi connectivity index (χ3v) is 2.93. The van der Waals surface area contributed by atoms with Crippen LogP contribution >= 0.6 is 0 Å². The van der Waals surface area contributed by atoms with E-state index in [0.29, 0.717) is 13.2 Å². The van der Waals surface area contributed by atoms with Crippen molar-refractivity contribution >= 4 is 16.8 Å². The highest BCUT2D eigenvalue weighted by Gasteiger charge is 2.09. The Bertz CT molecular complexity index is 566. The van der Waals surface area contributed by atoms with Crippen molar-refractivity contribution in [1.29, 1.82) is 0 Å². The number of hydrogen-bond donors (Lipinski definition) is 2. The van der Waals surface area contributed by atoms with E-state index in [-0.39, 0.29) is 18.1 Å². The van der Waals surface area contributed by atoms with Gasteiger partial charge in [0, 0.05) is 37.4 Å². The fourth-order valence-corrected chi connectivity index (χ4v) is 1.98. The minimum atomic E-state index is -0.297. The molecule has 1 aromatic heterocycles. The summed E-state index contributed by atoms with van der Waals surface area (Å²) in [7, 11) is 1.63. The lowest BCUT2D eigenvalue weighted by Gasteiger charge is -2.04. The number of halogens is 1. The van der Waals surface area contributed by atoms with Crippen molar-refractivity contribution in [3.05, 3.63) is 35.8 Å². The number of carbonyl (C=O) groups is 1. The van der Waals surface area contributed by atoms with E-state index in [1.54, 1.807) is 19.4 Å². The average Bonchev–Trinajstić information content (AvgIpc) is 2.77. The number of nitrogens with one attached hydrogen (secondary N) is 2. The van der Waals surface area contributed by atoms with Crippen molar-refractivity contribution in [3.63, 3.8) is 0 Å². The fourth-order valence-electron chi connectivity index (χ4n) is 1.98. The number of aromatic amines is 1. The summed E-state index contributed by atoms with van der Waals surface area (Å²) in [6.45, 7) is 1.21. The zero-order chi connectivity index (χ0) is 13.7. The van der Waals surface area contributed by atoms with Gasteiger partial charge in [-0.2, -0.15) is 0 Å². The largest absolute Gasteiger partial charge is 0.385 e. The second-order valence-corrected chi connectivity index (χ2v) is 4.38. The molecule has 0 unspecified atom stereocenters. The molecule has 0 fully saturated rings. The van der Waals surface area contributed by atoms with Crippen LogP contribution in [-0.4, -0.2) is 31.2 Å². The van der Waals surface area contributed by atoms with Crippen LogP contribution in [0.25, 0.3) is 10.9 Å². The normalized spacial score (nSPS) is 10.8. The predicted molar refractivity (Wildman–Crippen MR) is 71.5 cm³/mol. The first kappa shape index (κ1) is 13.5. The van der Waals surface area contributed by atoms with Crippen LogP contribution < -0.4 is 5.32 Å². The highest BCUT2D eigenvalue weighted by Crippen LogP contribution is 2.19.